The van der Waals surface area contributed by atoms with Gasteiger partial charge in [0.05, 0.1) is 6.10 Å². The first-order valence-electron chi connectivity index (χ1n) is 6.84. The highest BCUT2D eigenvalue weighted by molar-refractivity contribution is 5.92. The minimum absolute atomic E-state index is 0.0907. The molecule has 1 amide bonds. The molecule has 1 saturated heterocycles. The van der Waals surface area contributed by atoms with Crippen LogP contribution in [0.3, 0.4) is 0 Å². The summed E-state index contributed by atoms with van der Waals surface area (Å²) in [6.07, 6.45) is 1.24. The molecule has 0 radical (unpaired) electrons. The van der Waals surface area contributed by atoms with Crippen molar-refractivity contribution in [2.75, 3.05) is 25.0 Å². The number of hydrogen-bond donors (Lipinski definition) is 2. The highest BCUT2D eigenvalue weighted by atomic mass is 16.5. The fourth-order valence-electron chi connectivity index (χ4n) is 2.27. The average Bonchev–Trinajstić information content (AvgIpc) is 2.40. The number of aryl methyl sites for hydroxylation is 1. The van der Waals surface area contributed by atoms with Crippen molar-refractivity contribution in [1.82, 2.24) is 5.32 Å². The maximum atomic E-state index is 11.9. The molecular weight excluding hydrogens is 240 g/mol. The zero-order valence-corrected chi connectivity index (χ0v) is 11.6. The van der Waals surface area contributed by atoms with E-state index in [1.807, 2.05) is 31.2 Å². The topological polar surface area (TPSA) is 50.4 Å². The van der Waals surface area contributed by atoms with Crippen molar-refractivity contribution in [3.8, 4) is 0 Å². The van der Waals surface area contributed by atoms with Crippen LogP contribution in [0.4, 0.5) is 5.69 Å². The van der Waals surface area contributed by atoms with Gasteiger partial charge in [0.1, 0.15) is 6.61 Å². The molecule has 0 bridgehead atoms. The van der Waals surface area contributed by atoms with E-state index in [9.17, 15) is 4.79 Å². The third-order valence-electron chi connectivity index (χ3n) is 3.60. The summed E-state index contributed by atoms with van der Waals surface area (Å²) in [5.41, 5.74) is 1.91. The lowest BCUT2D eigenvalue weighted by Crippen LogP contribution is -2.42. The number of rotatable bonds is 4. The molecule has 2 rings (SSSR count). The molecule has 0 spiro atoms. The second-order valence-electron chi connectivity index (χ2n) is 5.18. The molecule has 0 aliphatic carbocycles. The molecule has 0 saturated carbocycles. The van der Waals surface area contributed by atoms with E-state index in [-0.39, 0.29) is 18.6 Å². The fourth-order valence-corrected chi connectivity index (χ4v) is 2.27. The SMILES string of the molecule is Cc1ccccc1NC(=O)COC1CNCCC1C. The Hall–Kier alpha value is -1.39. The Morgan fingerprint density at radius 2 is 2.26 bits per heavy atom. The predicted octanol–water partition coefficient (Wildman–Crippen LogP) is 1.95. The molecule has 0 aromatic heterocycles. The summed E-state index contributed by atoms with van der Waals surface area (Å²) in [6, 6.07) is 7.75. The summed E-state index contributed by atoms with van der Waals surface area (Å²) in [4.78, 5) is 11.9. The molecule has 4 nitrogen and oxygen atoms in total. The molecule has 1 aromatic carbocycles. The molecule has 1 aliphatic rings. The van der Waals surface area contributed by atoms with E-state index in [1.165, 1.54) is 0 Å². The van der Waals surface area contributed by atoms with E-state index in [0.717, 1.165) is 30.8 Å². The highest BCUT2D eigenvalue weighted by Crippen LogP contribution is 2.15. The standard InChI is InChI=1S/C15H22N2O2/c1-11-5-3-4-6-13(11)17-15(18)10-19-14-9-16-8-7-12(14)2/h3-6,12,14,16H,7-10H2,1-2H3,(H,17,18). The first kappa shape index (κ1) is 14.0. The van der Waals surface area contributed by atoms with Crippen molar-refractivity contribution in [3.63, 3.8) is 0 Å². The second kappa shape index (κ2) is 6.68. The molecule has 104 valence electrons. The lowest BCUT2D eigenvalue weighted by atomic mass is 9.97. The number of benzene rings is 1. The Balaban J connectivity index is 1.80. The molecule has 1 heterocycles. The minimum Gasteiger partial charge on any atom is -0.367 e. The summed E-state index contributed by atoms with van der Waals surface area (Å²) in [5.74, 6) is 0.416. The van der Waals surface area contributed by atoms with E-state index >= 15 is 0 Å². The first-order valence-corrected chi connectivity index (χ1v) is 6.84. The van der Waals surface area contributed by atoms with Crippen LogP contribution in [0.25, 0.3) is 0 Å². The highest BCUT2D eigenvalue weighted by Gasteiger charge is 2.22. The Morgan fingerprint density at radius 3 is 3.00 bits per heavy atom. The number of hydrogen-bond acceptors (Lipinski definition) is 3. The van der Waals surface area contributed by atoms with Crippen LogP contribution in [0.2, 0.25) is 0 Å². The molecule has 2 unspecified atom stereocenters. The molecule has 1 aliphatic heterocycles. The van der Waals surface area contributed by atoms with Crippen LogP contribution in [0.1, 0.15) is 18.9 Å². The van der Waals surface area contributed by atoms with Gasteiger partial charge in [-0.2, -0.15) is 0 Å². The van der Waals surface area contributed by atoms with E-state index in [4.69, 9.17) is 4.74 Å². The van der Waals surface area contributed by atoms with Crippen LogP contribution in [0.15, 0.2) is 24.3 Å². The van der Waals surface area contributed by atoms with Crippen LogP contribution in [-0.4, -0.2) is 31.7 Å². The van der Waals surface area contributed by atoms with Crippen molar-refractivity contribution < 1.29 is 9.53 Å². The van der Waals surface area contributed by atoms with Crippen molar-refractivity contribution in [1.29, 1.82) is 0 Å². The molecular formula is C15H22N2O2. The minimum atomic E-state index is -0.0907. The van der Waals surface area contributed by atoms with Crippen molar-refractivity contribution in [2.45, 2.75) is 26.4 Å². The Bertz CT molecular complexity index is 434. The summed E-state index contributed by atoms with van der Waals surface area (Å²) in [5, 5.41) is 6.17. The third kappa shape index (κ3) is 4.04. The third-order valence-corrected chi connectivity index (χ3v) is 3.60. The second-order valence-corrected chi connectivity index (χ2v) is 5.18. The van der Waals surface area contributed by atoms with Gasteiger partial charge in [0.2, 0.25) is 5.91 Å². The average molecular weight is 262 g/mol. The van der Waals surface area contributed by atoms with E-state index in [0.29, 0.717) is 5.92 Å². The molecule has 2 atom stereocenters. The van der Waals surface area contributed by atoms with Crippen LogP contribution in [0, 0.1) is 12.8 Å². The monoisotopic (exact) mass is 262 g/mol. The van der Waals surface area contributed by atoms with Crippen molar-refractivity contribution in [3.05, 3.63) is 29.8 Å². The van der Waals surface area contributed by atoms with Gasteiger partial charge in [0, 0.05) is 12.2 Å². The molecule has 19 heavy (non-hydrogen) atoms. The number of amides is 1. The summed E-state index contributed by atoms with van der Waals surface area (Å²) >= 11 is 0. The number of ether oxygens (including phenoxy) is 1. The van der Waals surface area contributed by atoms with Gasteiger partial charge < -0.3 is 15.4 Å². The predicted molar refractivity (Wildman–Crippen MR) is 76.2 cm³/mol. The number of carbonyl (C=O) groups is 1. The van der Waals surface area contributed by atoms with Gasteiger partial charge in [0.15, 0.2) is 0 Å². The van der Waals surface area contributed by atoms with Gasteiger partial charge in [-0.1, -0.05) is 25.1 Å². The molecule has 1 fully saturated rings. The zero-order valence-electron chi connectivity index (χ0n) is 11.6. The lowest BCUT2D eigenvalue weighted by molar-refractivity contribution is -0.124. The smallest absolute Gasteiger partial charge is 0.250 e. The van der Waals surface area contributed by atoms with E-state index in [1.54, 1.807) is 0 Å². The van der Waals surface area contributed by atoms with Crippen molar-refractivity contribution in [2.24, 2.45) is 5.92 Å². The Morgan fingerprint density at radius 1 is 1.47 bits per heavy atom. The summed E-state index contributed by atoms with van der Waals surface area (Å²) in [6.45, 7) is 6.13. The Kier molecular flexibility index (Phi) is 4.93. The molecule has 2 N–H and O–H groups in total. The molecule has 4 heteroatoms. The van der Waals surface area contributed by atoms with Gasteiger partial charge in [-0.3, -0.25) is 4.79 Å². The maximum absolute atomic E-state index is 11.9. The maximum Gasteiger partial charge on any atom is 0.250 e. The molecule has 1 aromatic rings. The number of anilines is 1. The van der Waals surface area contributed by atoms with Crippen LogP contribution in [-0.2, 0) is 9.53 Å². The number of para-hydroxylation sites is 1. The van der Waals surface area contributed by atoms with Gasteiger partial charge in [-0.15, -0.1) is 0 Å². The van der Waals surface area contributed by atoms with Crippen LogP contribution < -0.4 is 10.6 Å². The summed E-state index contributed by atoms with van der Waals surface area (Å²) < 4.78 is 5.69. The lowest BCUT2D eigenvalue weighted by Gasteiger charge is -2.29. The largest absolute Gasteiger partial charge is 0.367 e. The normalized spacial score (nSPS) is 23.1. The van der Waals surface area contributed by atoms with Crippen molar-refractivity contribution >= 4 is 11.6 Å². The van der Waals surface area contributed by atoms with Crippen LogP contribution >= 0.6 is 0 Å². The van der Waals surface area contributed by atoms with Gasteiger partial charge in [0.25, 0.3) is 0 Å². The van der Waals surface area contributed by atoms with Gasteiger partial charge in [-0.05, 0) is 37.4 Å². The number of carbonyl (C=O) groups excluding carboxylic acids is 1. The number of piperidine rings is 1. The fraction of sp³-hybridized carbons (Fsp3) is 0.533. The van der Waals surface area contributed by atoms with E-state index < -0.39 is 0 Å². The number of nitrogens with one attached hydrogen (secondary N) is 2. The van der Waals surface area contributed by atoms with Crippen LogP contribution in [0.5, 0.6) is 0 Å². The van der Waals surface area contributed by atoms with Gasteiger partial charge in [-0.25, -0.2) is 0 Å². The quantitative estimate of drug-likeness (QED) is 0.872. The van der Waals surface area contributed by atoms with E-state index in [2.05, 4.69) is 17.6 Å². The Labute approximate surface area is 114 Å². The zero-order chi connectivity index (χ0) is 13.7. The first-order chi connectivity index (χ1) is 9.16. The summed E-state index contributed by atoms with van der Waals surface area (Å²) in [7, 11) is 0. The van der Waals surface area contributed by atoms with Gasteiger partial charge >= 0.3 is 0 Å².